The molecular weight excluding hydrogens is 338 g/mol. The van der Waals surface area contributed by atoms with Crippen molar-refractivity contribution in [3.8, 4) is 0 Å². The lowest BCUT2D eigenvalue weighted by molar-refractivity contribution is -0.118. The summed E-state index contributed by atoms with van der Waals surface area (Å²) in [6.45, 7) is 0.749. The summed E-state index contributed by atoms with van der Waals surface area (Å²) in [4.78, 5) is 25.4. The number of primary amides is 1. The Morgan fingerprint density at radius 3 is 2.88 bits per heavy atom. The molecule has 1 aliphatic heterocycles. The van der Waals surface area contributed by atoms with Crippen LogP contribution in [0.5, 0.6) is 0 Å². The van der Waals surface area contributed by atoms with E-state index in [1.54, 1.807) is 0 Å². The molecule has 0 unspecified atom stereocenters. The zero-order chi connectivity index (χ0) is 17.8. The summed E-state index contributed by atoms with van der Waals surface area (Å²) in [7, 11) is 1.83. The summed E-state index contributed by atoms with van der Waals surface area (Å²) in [6, 6.07) is 8.05. The Morgan fingerprint density at radius 2 is 2.08 bits per heavy atom. The van der Waals surface area contributed by atoms with Crippen LogP contribution in [0.3, 0.4) is 0 Å². The molecule has 0 aliphatic carbocycles. The van der Waals surface area contributed by atoms with Crippen LogP contribution in [0, 0.1) is 0 Å². The minimum Gasteiger partial charge on any atom is -0.370 e. The number of nitrogens with zero attached hydrogens (tertiary/aromatic N) is 4. The van der Waals surface area contributed by atoms with Crippen LogP contribution in [0.25, 0.3) is 0 Å². The molecule has 25 heavy (non-hydrogen) atoms. The van der Waals surface area contributed by atoms with Crippen molar-refractivity contribution < 1.29 is 9.59 Å². The van der Waals surface area contributed by atoms with Gasteiger partial charge in [-0.3, -0.25) is 9.59 Å². The van der Waals surface area contributed by atoms with Crippen molar-refractivity contribution in [1.29, 1.82) is 0 Å². The van der Waals surface area contributed by atoms with Gasteiger partial charge in [0.15, 0.2) is 5.16 Å². The molecule has 0 saturated heterocycles. The highest BCUT2D eigenvalue weighted by Gasteiger charge is 2.22. The van der Waals surface area contributed by atoms with Gasteiger partial charge in [-0.2, -0.15) is 0 Å². The van der Waals surface area contributed by atoms with E-state index < -0.39 is 0 Å². The number of rotatable bonds is 6. The van der Waals surface area contributed by atoms with E-state index in [-0.39, 0.29) is 18.2 Å². The molecule has 2 aromatic rings. The third-order valence-corrected chi connectivity index (χ3v) is 5.26. The first-order valence-electron chi connectivity index (χ1n) is 8.24. The van der Waals surface area contributed by atoms with Gasteiger partial charge in [-0.1, -0.05) is 30.0 Å². The maximum Gasteiger partial charge on any atom is 0.237 e. The topological polar surface area (TPSA) is 94.1 Å². The summed E-state index contributed by atoms with van der Waals surface area (Å²) >= 11 is 1.36. The standard InChI is InChI=1S/C17H21N5O2S/c1-21-15(9-8-14(18)23)19-20-17(21)25-11-16(24)22-10-4-6-12-5-2-3-7-13(12)22/h2-3,5,7H,4,6,8-11H2,1H3,(H2,18,23). The van der Waals surface area contributed by atoms with Gasteiger partial charge >= 0.3 is 0 Å². The number of anilines is 1. The van der Waals surface area contributed by atoms with Crippen LogP contribution in [-0.2, 0) is 29.5 Å². The first-order valence-corrected chi connectivity index (χ1v) is 9.22. The molecule has 1 aliphatic rings. The van der Waals surface area contributed by atoms with Gasteiger partial charge in [0.1, 0.15) is 5.82 Å². The van der Waals surface area contributed by atoms with Crippen molar-refractivity contribution in [3.63, 3.8) is 0 Å². The van der Waals surface area contributed by atoms with Crippen LogP contribution < -0.4 is 10.6 Å². The van der Waals surface area contributed by atoms with Crippen molar-refractivity contribution in [1.82, 2.24) is 14.8 Å². The van der Waals surface area contributed by atoms with Gasteiger partial charge in [-0.15, -0.1) is 10.2 Å². The molecule has 0 saturated carbocycles. The van der Waals surface area contributed by atoms with E-state index in [1.165, 1.54) is 17.3 Å². The second kappa shape index (κ2) is 7.69. The molecular formula is C17H21N5O2S. The van der Waals surface area contributed by atoms with Gasteiger partial charge in [0.05, 0.1) is 5.75 Å². The van der Waals surface area contributed by atoms with E-state index in [4.69, 9.17) is 5.73 Å². The average Bonchev–Trinajstić information content (AvgIpc) is 2.97. The van der Waals surface area contributed by atoms with E-state index in [1.807, 2.05) is 34.7 Å². The number of aromatic nitrogens is 3. The van der Waals surface area contributed by atoms with E-state index >= 15 is 0 Å². The zero-order valence-electron chi connectivity index (χ0n) is 14.1. The Morgan fingerprint density at radius 1 is 1.28 bits per heavy atom. The summed E-state index contributed by atoms with van der Waals surface area (Å²) in [6.07, 6.45) is 2.68. The molecule has 3 rings (SSSR count). The number of benzene rings is 1. The van der Waals surface area contributed by atoms with Gasteiger partial charge in [0, 0.05) is 32.1 Å². The Labute approximate surface area is 150 Å². The highest BCUT2D eigenvalue weighted by Crippen LogP contribution is 2.28. The minimum atomic E-state index is -0.365. The molecule has 0 bridgehead atoms. The summed E-state index contributed by atoms with van der Waals surface area (Å²) in [5.74, 6) is 0.697. The quantitative estimate of drug-likeness (QED) is 0.785. The lowest BCUT2D eigenvalue weighted by atomic mass is 10.0. The summed E-state index contributed by atoms with van der Waals surface area (Å²) in [5.41, 5.74) is 7.40. The third kappa shape index (κ3) is 4.01. The van der Waals surface area contributed by atoms with Crippen LogP contribution in [-0.4, -0.2) is 38.9 Å². The molecule has 0 radical (unpaired) electrons. The number of fused-ring (bicyclic) bond motifs is 1. The Bertz CT molecular complexity index is 789. The summed E-state index contributed by atoms with van der Waals surface area (Å²) in [5, 5.41) is 8.85. The van der Waals surface area contributed by atoms with Crippen molar-refractivity contribution in [3.05, 3.63) is 35.7 Å². The number of carbonyl (C=O) groups excluding carboxylic acids is 2. The van der Waals surface area contributed by atoms with Crippen LogP contribution in [0.15, 0.2) is 29.4 Å². The van der Waals surface area contributed by atoms with E-state index in [9.17, 15) is 9.59 Å². The first-order chi connectivity index (χ1) is 12.1. The number of nitrogens with two attached hydrogens (primary N) is 1. The predicted molar refractivity (Wildman–Crippen MR) is 96.4 cm³/mol. The third-order valence-electron chi connectivity index (χ3n) is 4.26. The molecule has 1 aromatic heterocycles. The SMILES string of the molecule is Cn1c(CCC(N)=O)nnc1SCC(=O)N1CCCc2ccccc21. The molecule has 2 heterocycles. The maximum absolute atomic E-state index is 12.7. The molecule has 0 spiro atoms. The fourth-order valence-electron chi connectivity index (χ4n) is 2.92. The van der Waals surface area contributed by atoms with E-state index in [2.05, 4.69) is 16.3 Å². The summed E-state index contributed by atoms with van der Waals surface area (Å²) < 4.78 is 1.81. The normalized spacial score (nSPS) is 13.6. The predicted octanol–water partition coefficient (Wildman–Crippen LogP) is 1.30. The highest BCUT2D eigenvalue weighted by atomic mass is 32.2. The largest absolute Gasteiger partial charge is 0.370 e. The lowest BCUT2D eigenvalue weighted by Crippen LogP contribution is -2.36. The minimum absolute atomic E-state index is 0.0684. The smallest absolute Gasteiger partial charge is 0.237 e. The molecule has 7 nitrogen and oxygen atoms in total. The Kier molecular flexibility index (Phi) is 5.37. The fourth-order valence-corrected chi connectivity index (χ4v) is 3.73. The molecule has 1 aromatic carbocycles. The van der Waals surface area contributed by atoms with Gasteiger partial charge in [-0.25, -0.2) is 0 Å². The van der Waals surface area contributed by atoms with E-state index in [0.717, 1.165) is 25.1 Å². The van der Waals surface area contributed by atoms with Gasteiger partial charge in [-0.05, 0) is 24.5 Å². The molecule has 2 N–H and O–H groups in total. The Hall–Kier alpha value is -2.35. The van der Waals surface area contributed by atoms with Crippen molar-refractivity contribution in [2.24, 2.45) is 12.8 Å². The highest BCUT2D eigenvalue weighted by molar-refractivity contribution is 7.99. The molecule has 0 atom stereocenters. The van der Waals surface area contributed by atoms with Crippen molar-refractivity contribution in [2.45, 2.75) is 30.8 Å². The van der Waals surface area contributed by atoms with Crippen LogP contribution in [0.2, 0.25) is 0 Å². The van der Waals surface area contributed by atoms with Gasteiger partial charge in [0.2, 0.25) is 11.8 Å². The van der Waals surface area contributed by atoms with Gasteiger partial charge < -0.3 is 15.2 Å². The zero-order valence-corrected chi connectivity index (χ0v) is 15.0. The second-order valence-corrected chi connectivity index (χ2v) is 6.93. The molecule has 2 amide bonds. The number of thioether (sulfide) groups is 1. The van der Waals surface area contributed by atoms with E-state index in [0.29, 0.717) is 23.2 Å². The molecule has 0 fully saturated rings. The maximum atomic E-state index is 12.7. The fraction of sp³-hybridized carbons (Fsp3) is 0.412. The molecule has 132 valence electrons. The van der Waals surface area contributed by atoms with Crippen molar-refractivity contribution >= 4 is 29.3 Å². The number of hydrogen-bond donors (Lipinski definition) is 1. The van der Waals surface area contributed by atoms with Gasteiger partial charge in [0.25, 0.3) is 0 Å². The number of hydrogen-bond acceptors (Lipinski definition) is 5. The monoisotopic (exact) mass is 359 g/mol. The average molecular weight is 359 g/mol. The van der Waals surface area contributed by atoms with Crippen LogP contribution >= 0.6 is 11.8 Å². The van der Waals surface area contributed by atoms with Crippen LogP contribution in [0.4, 0.5) is 5.69 Å². The number of para-hydroxylation sites is 1. The second-order valence-electron chi connectivity index (χ2n) is 5.99. The molecule has 8 heteroatoms. The number of amides is 2. The Balaban J connectivity index is 1.63. The van der Waals surface area contributed by atoms with Crippen molar-refractivity contribution in [2.75, 3.05) is 17.2 Å². The lowest BCUT2D eigenvalue weighted by Gasteiger charge is -2.29. The first kappa shape index (κ1) is 17.5. The van der Waals surface area contributed by atoms with Crippen LogP contribution in [0.1, 0.15) is 24.2 Å². The number of carbonyl (C=O) groups is 2. The number of aryl methyl sites for hydroxylation is 2.